The van der Waals surface area contributed by atoms with E-state index in [0.29, 0.717) is 12.0 Å². The minimum Gasteiger partial charge on any atom is -0.354 e. The van der Waals surface area contributed by atoms with Gasteiger partial charge in [0.15, 0.2) is 0 Å². The Balaban J connectivity index is 1.10. The Bertz CT molecular complexity index is 833. The molecule has 0 N–H and O–H groups in total. The summed E-state index contributed by atoms with van der Waals surface area (Å²) in [5, 5.41) is 0. The smallest absolute Gasteiger partial charge is 0.253 e. The minimum absolute atomic E-state index is 0.188. The van der Waals surface area contributed by atoms with E-state index >= 15 is 0 Å². The van der Waals surface area contributed by atoms with Crippen molar-refractivity contribution >= 4 is 11.7 Å². The van der Waals surface area contributed by atoms with Crippen LogP contribution in [0.4, 0.5) is 5.82 Å². The first kappa shape index (κ1) is 19.6. The van der Waals surface area contributed by atoms with E-state index in [-0.39, 0.29) is 5.91 Å². The molecule has 2 saturated heterocycles. The van der Waals surface area contributed by atoms with Gasteiger partial charge in [0, 0.05) is 57.1 Å². The number of aromatic nitrogens is 1. The molecule has 1 aromatic heterocycles. The van der Waals surface area contributed by atoms with Gasteiger partial charge in [-0.3, -0.25) is 9.69 Å². The normalized spacial score (nSPS) is 21.5. The van der Waals surface area contributed by atoms with Gasteiger partial charge in [-0.25, -0.2) is 4.98 Å². The monoisotopic (exact) mass is 404 g/mol. The van der Waals surface area contributed by atoms with Crippen LogP contribution in [0.5, 0.6) is 0 Å². The molecule has 0 radical (unpaired) electrons. The number of piperazine rings is 1. The quantitative estimate of drug-likeness (QED) is 0.778. The van der Waals surface area contributed by atoms with Crippen LogP contribution in [0.3, 0.4) is 0 Å². The fourth-order valence-corrected chi connectivity index (χ4v) is 5.23. The third kappa shape index (κ3) is 4.08. The molecule has 158 valence electrons. The van der Waals surface area contributed by atoms with Gasteiger partial charge in [0.25, 0.3) is 5.91 Å². The molecule has 5 heteroatoms. The lowest BCUT2D eigenvalue weighted by Gasteiger charge is -2.48. The lowest BCUT2D eigenvalue weighted by molar-refractivity contribution is 0.0246. The second-order valence-corrected chi connectivity index (χ2v) is 9.03. The third-order valence-corrected chi connectivity index (χ3v) is 7.19. The Morgan fingerprint density at radius 1 is 0.867 bits per heavy atom. The van der Waals surface area contributed by atoms with Crippen molar-refractivity contribution in [2.24, 2.45) is 0 Å². The van der Waals surface area contributed by atoms with E-state index in [9.17, 15) is 4.79 Å². The summed E-state index contributed by atoms with van der Waals surface area (Å²) in [6.07, 6.45) is 8.52. The molecule has 1 aromatic carbocycles. The van der Waals surface area contributed by atoms with Gasteiger partial charge in [-0.2, -0.15) is 0 Å². The van der Waals surface area contributed by atoms with Crippen molar-refractivity contribution in [2.75, 3.05) is 44.2 Å². The van der Waals surface area contributed by atoms with Crippen molar-refractivity contribution in [3.63, 3.8) is 0 Å². The molecule has 0 unspecified atom stereocenters. The Kier molecular flexibility index (Phi) is 5.71. The molecular formula is C25H32N4O. The molecule has 3 heterocycles. The molecule has 5 rings (SSSR count). The van der Waals surface area contributed by atoms with Gasteiger partial charge < -0.3 is 9.80 Å². The molecule has 1 amide bonds. The van der Waals surface area contributed by atoms with E-state index in [0.717, 1.165) is 50.6 Å². The molecule has 1 aliphatic carbocycles. The Morgan fingerprint density at radius 2 is 1.60 bits per heavy atom. The summed E-state index contributed by atoms with van der Waals surface area (Å²) in [7, 11) is 0. The third-order valence-electron chi connectivity index (χ3n) is 7.19. The van der Waals surface area contributed by atoms with Crippen LogP contribution < -0.4 is 4.90 Å². The Morgan fingerprint density at radius 3 is 2.27 bits per heavy atom. The van der Waals surface area contributed by atoms with Gasteiger partial charge in [-0.05, 0) is 48.6 Å². The first-order valence-corrected chi connectivity index (χ1v) is 11.6. The molecule has 0 bridgehead atoms. The topological polar surface area (TPSA) is 39.7 Å². The molecule has 3 aliphatic rings. The maximum Gasteiger partial charge on any atom is 0.253 e. The van der Waals surface area contributed by atoms with Gasteiger partial charge >= 0.3 is 0 Å². The largest absolute Gasteiger partial charge is 0.354 e. The second-order valence-electron chi connectivity index (χ2n) is 9.03. The molecular weight excluding hydrogens is 372 g/mol. The maximum absolute atomic E-state index is 12.9. The Hall–Kier alpha value is -2.40. The van der Waals surface area contributed by atoms with E-state index < -0.39 is 0 Å². The highest BCUT2D eigenvalue weighted by atomic mass is 16.2. The maximum atomic E-state index is 12.9. The standard InChI is InChI=1S/C25H32N4O/c30-25(22-11-9-21(10-12-22)20-6-2-1-3-7-20)29-18-23(19-29)27-14-16-28(17-15-27)24-8-4-5-13-26-24/h4-5,8-13,20,23H,1-3,6-7,14-19H2. The van der Waals surface area contributed by atoms with Gasteiger partial charge in [0.1, 0.15) is 5.82 Å². The molecule has 0 atom stereocenters. The molecule has 3 fully saturated rings. The van der Waals surface area contributed by atoms with Crippen molar-refractivity contribution in [2.45, 2.75) is 44.1 Å². The molecule has 2 aromatic rings. The zero-order chi connectivity index (χ0) is 20.3. The number of hydrogen-bond acceptors (Lipinski definition) is 4. The van der Waals surface area contributed by atoms with E-state index in [4.69, 9.17) is 0 Å². The highest BCUT2D eigenvalue weighted by molar-refractivity contribution is 5.94. The number of nitrogens with zero attached hydrogens (tertiary/aromatic N) is 4. The highest BCUT2D eigenvalue weighted by Crippen LogP contribution is 2.32. The van der Waals surface area contributed by atoms with Crippen molar-refractivity contribution in [3.05, 3.63) is 59.8 Å². The van der Waals surface area contributed by atoms with Crippen LogP contribution in [0, 0.1) is 0 Å². The lowest BCUT2D eigenvalue weighted by atomic mass is 9.84. The van der Waals surface area contributed by atoms with Crippen LogP contribution in [0.15, 0.2) is 48.7 Å². The van der Waals surface area contributed by atoms with Gasteiger partial charge in [-0.1, -0.05) is 37.5 Å². The predicted octanol–water partition coefficient (Wildman–Crippen LogP) is 3.78. The zero-order valence-corrected chi connectivity index (χ0v) is 17.7. The molecule has 5 nitrogen and oxygen atoms in total. The number of pyridine rings is 1. The minimum atomic E-state index is 0.188. The van der Waals surface area contributed by atoms with Crippen molar-refractivity contribution < 1.29 is 4.79 Å². The number of hydrogen-bond donors (Lipinski definition) is 0. The molecule has 2 aliphatic heterocycles. The number of carbonyl (C=O) groups excluding carboxylic acids is 1. The van der Waals surface area contributed by atoms with Crippen LogP contribution in [-0.4, -0.2) is 66.0 Å². The average molecular weight is 405 g/mol. The summed E-state index contributed by atoms with van der Waals surface area (Å²) in [6.45, 7) is 5.80. The summed E-state index contributed by atoms with van der Waals surface area (Å²) in [4.78, 5) is 24.2. The van der Waals surface area contributed by atoms with Crippen LogP contribution in [0.1, 0.15) is 53.9 Å². The summed E-state index contributed by atoms with van der Waals surface area (Å²) < 4.78 is 0. The summed E-state index contributed by atoms with van der Waals surface area (Å²) in [6, 6.07) is 15.1. The zero-order valence-electron chi connectivity index (χ0n) is 17.7. The number of anilines is 1. The summed E-state index contributed by atoms with van der Waals surface area (Å²) >= 11 is 0. The average Bonchev–Trinajstić information content (AvgIpc) is 2.80. The molecule has 30 heavy (non-hydrogen) atoms. The fourth-order valence-electron chi connectivity index (χ4n) is 5.23. The molecule has 0 spiro atoms. The second kappa shape index (κ2) is 8.76. The summed E-state index contributed by atoms with van der Waals surface area (Å²) in [5.41, 5.74) is 2.26. The first-order valence-electron chi connectivity index (χ1n) is 11.6. The first-order chi connectivity index (χ1) is 14.8. The number of amides is 1. The fraction of sp³-hybridized carbons (Fsp3) is 0.520. The van der Waals surface area contributed by atoms with Crippen LogP contribution in [0.2, 0.25) is 0 Å². The Labute approximate surface area is 179 Å². The van der Waals surface area contributed by atoms with Crippen LogP contribution in [0.25, 0.3) is 0 Å². The van der Waals surface area contributed by atoms with E-state index in [1.54, 1.807) is 0 Å². The lowest BCUT2D eigenvalue weighted by Crippen LogP contribution is -2.64. The van der Waals surface area contributed by atoms with Crippen LogP contribution >= 0.6 is 0 Å². The van der Waals surface area contributed by atoms with Crippen LogP contribution in [-0.2, 0) is 0 Å². The number of likely N-dealkylation sites (tertiary alicyclic amines) is 1. The number of benzene rings is 1. The van der Waals surface area contributed by atoms with Gasteiger partial charge in [0.2, 0.25) is 0 Å². The van der Waals surface area contributed by atoms with Crippen molar-refractivity contribution in [1.29, 1.82) is 0 Å². The number of carbonyl (C=O) groups is 1. The molecule has 1 saturated carbocycles. The van der Waals surface area contributed by atoms with Gasteiger partial charge in [0.05, 0.1) is 0 Å². The summed E-state index contributed by atoms with van der Waals surface area (Å²) in [5.74, 6) is 1.95. The SMILES string of the molecule is O=C(c1ccc(C2CCCCC2)cc1)N1CC(N2CCN(c3ccccn3)CC2)C1. The van der Waals surface area contributed by atoms with E-state index in [1.807, 2.05) is 35.4 Å². The van der Waals surface area contributed by atoms with Crippen molar-refractivity contribution in [3.8, 4) is 0 Å². The van der Waals surface area contributed by atoms with Crippen molar-refractivity contribution in [1.82, 2.24) is 14.8 Å². The predicted molar refractivity (Wildman–Crippen MR) is 120 cm³/mol. The highest BCUT2D eigenvalue weighted by Gasteiger charge is 2.36. The number of rotatable bonds is 4. The van der Waals surface area contributed by atoms with E-state index in [2.05, 4.69) is 33.0 Å². The van der Waals surface area contributed by atoms with Gasteiger partial charge in [-0.15, -0.1) is 0 Å². The van der Waals surface area contributed by atoms with E-state index in [1.165, 1.54) is 37.7 Å².